The summed E-state index contributed by atoms with van der Waals surface area (Å²) in [5, 5.41) is 0. The largest absolute Gasteiger partial charge is 0.444 e. The molecule has 1 heterocycles. The SMILES string of the molecule is CC(C)(C)OC(=O)N1CCCCC1CC(=O)C1(C)CC1. The normalized spacial score (nSPS) is 25.2. The summed E-state index contributed by atoms with van der Waals surface area (Å²) in [5.41, 5.74) is -0.581. The first-order valence-electron chi connectivity index (χ1n) is 7.74. The molecule has 1 saturated heterocycles. The highest BCUT2D eigenvalue weighted by atomic mass is 16.6. The molecule has 4 nitrogen and oxygen atoms in total. The average Bonchev–Trinajstić information content (AvgIpc) is 3.07. The first-order valence-corrected chi connectivity index (χ1v) is 7.74. The van der Waals surface area contributed by atoms with Crippen LogP contribution in [0.5, 0.6) is 0 Å². The van der Waals surface area contributed by atoms with E-state index in [1.54, 1.807) is 4.90 Å². The Morgan fingerprint density at radius 2 is 1.90 bits per heavy atom. The van der Waals surface area contributed by atoms with Crippen molar-refractivity contribution >= 4 is 11.9 Å². The number of amides is 1. The molecule has 0 aromatic carbocycles. The van der Waals surface area contributed by atoms with E-state index in [9.17, 15) is 9.59 Å². The van der Waals surface area contributed by atoms with Crippen LogP contribution in [0.1, 0.15) is 66.2 Å². The number of hydrogen-bond donors (Lipinski definition) is 0. The molecular weight excluding hydrogens is 254 g/mol. The lowest BCUT2D eigenvalue weighted by atomic mass is 9.92. The Bertz CT molecular complexity index is 393. The number of Topliss-reactive ketones (excluding diaryl/α,β-unsaturated/α-hetero) is 1. The topological polar surface area (TPSA) is 46.6 Å². The number of piperidine rings is 1. The molecule has 2 rings (SSSR count). The second kappa shape index (κ2) is 5.38. The van der Waals surface area contributed by atoms with E-state index in [1.807, 2.05) is 27.7 Å². The van der Waals surface area contributed by atoms with Crippen molar-refractivity contribution in [3.8, 4) is 0 Å². The van der Waals surface area contributed by atoms with Crippen molar-refractivity contribution in [2.75, 3.05) is 6.54 Å². The number of ether oxygens (including phenoxy) is 1. The highest BCUT2D eigenvalue weighted by Crippen LogP contribution is 2.47. The van der Waals surface area contributed by atoms with Crippen molar-refractivity contribution < 1.29 is 14.3 Å². The number of ketones is 1. The predicted molar refractivity (Wildman–Crippen MR) is 77.5 cm³/mol. The highest BCUT2D eigenvalue weighted by Gasteiger charge is 2.45. The van der Waals surface area contributed by atoms with Crippen LogP contribution in [0.3, 0.4) is 0 Å². The lowest BCUT2D eigenvalue weighted by Gasteiger charge is -2.36. The van der Waals surface area contributed by atoms with Crippen LogP contribution in [0, 0.1) is 5.41 Å². The molecule has 20 heavy (non-hydrogen) atoms. The van der Waals surface area contributed by atoms with Gasteiger partial charge in [0.25, 0.3) is 0 Å². The van der Waals surface area contributed by atoms with E-state index in [0.29, 0.717) is 18.7 Å². The Morgan fingerprint density at radius 3 is 2.45 bits per heavy atom. The van der Waals surface area contributed by atoms with E-state index >= 15 is 0 Å². The fourth-order valence-corrected chi connectivity index (χ4v) is 2.70. The Kier molecular flexibility index (Phi) is 4.12. The summed E-state index contributed by atoms with van der Waals surface area (Å²) in [4.78, 5) is 26.3. The van der Waals surface area contributed by atoms with Gasteiger partial charge in [0.2, 0.25) is 0 Å². The number of carbonyl (C=O) groups excluding carboxylic acids is 2. The Morgan fingerprint density at radius 1 is 1.25 bits per heavy atom. The van der Waals surface area contributed by atoms with E-state index in [1.165, 1.54) is 0 Å². The van der Waals surface area contributed by atoms with Crippen molar-refractivity contribution in [3.05, 3.63) is 0 Å². The zero-order valence-corrected chi connectivity index (χ0v) is 13.2. The van der Waals surface area contributed by atoms with Gasteiger partial charge < -0.3 is 9.64 Å². The first-order chi connectivity index (χ1) is 9.21. The number of likely N-dealkylation sites (tertiary alicyclic amines) is 1. The van der Waals surface area contributed by atoms with E-state index in [0.717, 1.165) is 32.1 Å². The van der Waals surface area contributed by atoms with Crippen molar-refractivity contribution in [1.29, 1.82) is 0 Å². The molecular formula is C16H27NO3. The van der Waals surface area contributed by atoms with Crippen molar-refractivity contribution in [1.82, 2.24) is 4.90 Å². The molecule has 2 aliphatic rings. The molecule has 1 amide bonds. The Labute approximate surface area is 121 Å². The molecule has 1 aliphatic heterocycles. The van der Waals surface area contributed by atoms with Crippen molar-refractivity contribution in [3.63, 3.8) is 0 Å². The van der Waals surface area contributed by atoms with Gasteiger partial charge >= 0.3 is 6.09 Å². The zero-order chi connectivity index (χ0) is 15.0. The van der Waals surface area contributed by atoms with Gasteiger partial charge in [0, 0.05) is 24.4 Å². The summed E-state index contributed by atoms with van der Waals surface area (Å²) in [5.74, 6) is 0.318. The summed E-state index contributed by atoms with van der Waals surface area (Å²) < 4.78 is 5.47. The van der Waals surface area contributed by atoms with Crippen LogP contribution in [0.25, 0.3) is 0 Å². The molecule has 4 heteroatoms. The maximum absolute atomic E-state index is 12.3. The van der Waals surface area contributed by atoms with E-state index in [-0.39, 0.29) is 17.6 Å². The maximum Gasteiger partial charge on any atom is 0.410 e. The molecule has 0 aromatic heterocycles. The van der Waals surface area contributed by atoms with E-state index in [2.05, 4.69) is 0 Å². The molecule has 1 saturated carbocycles. The van der Waals surface area contributed by atoms with Gasteiger partial charge in [0.15, 0.2) is 0 Å². The van der Waals surface area contributed by atoms with Crippen molar-refractivity contribution in [2.24, 2.45) is 5.41 Å². The minimum absolute atomic E-state index is 0.0310. The lowest BCUT2D eigenvalue weighted by molar-refractivity contribution is -0.125. The predicted octanol–water partition coefficient (Wildman–Crippen LogP) is 3.54. The van der Waals surface area contributed by atoms with Gasteiger partial charge in [-0.2, -0.15) is 0 Å². The third-order valence-corrected chi connectivity index (χ3v) is 4.35. The van der Waals surface area contributed by atoms with E-state index in [4.69, 9.17) is 4.74 Å². The van der Waals surface area contributed by atoms with Crippen molar-refractivity contribution in [2.45, 2.75) is 77.9 Å². The first kappa shape index (κ1) is 15.3. The van der Waals surface area contributed by atoms with Crippen LogP contribution in [-0.4, -0.2) is 35.0 Å². The Hall–Kier alpha value is -1.06. The number of rotatable bonds is 3. The monoisotopic (exact) mass is 281 g/mol. The van der Waals surface area contributed by atoms with Gasteiger partial charge in [-0.05, 0) is 52.9 Å². The maximum atomic E-state index is 12.3. The molecule has 2 fully saturated rings. The molecule has 0 spiro atoms. The van der Waals surface area contributed by atoms with Gasteiger partial charge in [-0.25, -0.2) is 4.79 Å². The molecule has 1 atom stereocenters. The lowest BCUT2D eigenvalue weighted by Crippen LogP contribution is -2.47. The van der Waals surface area contributed by atoms with Gasteiger partial charge in [0.1, 0.15) is 11.4 Å². The molecule has 0 aromatic rings. The molecule has 1 unspecified atom stereocenters. The van der Waals surface area contributed by atoms with Crippen LogP contribution in [0.15, 0.2) is 0 Å². The van der Waals surface area contributed by atoms with Gasteiger partial charge in [-0.1, -0.05) is 6.92 Å². The Balaban J connectivity index is 1.98. The summed E-state index contributed by atoms with van der Waals surface area (Å²) in [7, 11) is 0. The standard InChI is InChI=1S/C16H27NO3/c1-15(2,3)20-14(19)17-10-6-5-7-12(17)11-13(18)16(4)8-9-16/h12H,5-11H2,1-4H3. The van der Waals surface area contributed by atoms with Gasteiger partial charge in [-0.3, -0.25) is 4.79 Å². The summed E-state index contributed by atoms with van der Waals surface area (Å²) in [6.45, 7) is 8.38. The second-order valence-corrected chi connectivity index (χ2v) is 7.51. The molecule has 114 valence electrons. The third-order valence-electron chi connectivity index (χ3n) is 4.35. The highest BCUT2D eigenvalue weighted by molar-refractivity contribution is 5.87. The summed E-state index contributed by atoms with van der Waals surface area (Å²) in [6, 6.07) is 0.0310. The quantitative estimate of drug-likeness (QED) is 0.795. The molecule has 0 radical (unpaired) electrons. The second-order valence-electron chi connectivity index (χ2n) is 7.51. The third kappa shape index (κ3) is 3.74. The fraction of sp³-hybridized carbons (Fsp3) is 0.875. The number of hydrogen-bond acceptors (Lipinski definition) is 3. The number of carbonyl (C=O) groups is 2. The van der Waals surface area contributed by atoms with Gasteiger partial charge in [0.05, 0.1) is 0 Å². The van der Waals surface area contributed by atoms with Crippen LogP contribution in [0.4, 0.5) is 4.79 Å². The number of nitrogens with zero attached hydrogens (tertiary/aromatic N) is 1. The minimum atomic E-state index is -0.481. The minimum Gasteiger partial charge on any atom is -0.444 e. The summed E-state index contributed by atoms with van der Waals surface area (Å²) >= 11 is 0. The molecule has 0 N–H and O–H groups in total. The zero-order valence-electron chi connectivity index (χ0n) is 13.2. The van der Waals surface area contributed by atoms with Crippen LogP contribution >= 0.6 is 0 Å². The smallest absolute Gasteiger partial charge is 0.410 e. The van der Waals surface area contributed by atoms with E-state index < -0.39 is 5.60 Å². The van der Waals surface area contributed by atoms with Gasteiger partial charge in [-0.15, -0.1) is 0 Å². The fourth-order valence-electron chi connectivity index (χ4n) is 2.70. The van der Waals surface area contributed by atoms with Crippen LogP contribution < -0.4 is 0 Å². The van der Waals surface area contributed by atoms with Crippen LogP contribution in [-0.2, 0) is 9.53 Å². The molecule has 0 bridgehead atoms. The average molecular weight is 281 g/mol. The summed E-state index contributed by atoms with van der Waals surface area (Å²) in [6.07, 6.45) is 5.25. The van der Waals surface area contributed by atoms with Crippen LogP contribution in [0.2, 0.25) is 0 Å². The molecule has 1 aliphatic carbocycles.